The summed E-state index contributed by atoms with van der Waals surface area (Å²) in [5.74, 6) is -0.272. The van der Waals surface area contributed by atoms with Crippen molar-refractivity contribution in [3.8, 4) is 0 Å². The number of nitrogens with one attached hydrogen (secondary N) is 1. The normalized spacial score (nSPS) is 15.1. The highest BCUT2D eigenvalue weighted by atomic mass is 32.1. The van der Waals surface area contributed by atoms with Crippen LogP contribution < -0.4 is 5.32 Å². The maximum absolute atomic E-state index is 13.2. The maximum Gasteiger partial charge on any atom is 0.267 e. The number of aromatic nitrogens is 1. The van der Waals surface area contributed by atoms with Gasteiger partial charge in [-0.3, -0.25) is 4.79 Å². The highest BCUT2D eigenvalue weighted by Gasteiger charge is 2.24. The molecule has 3 aromatic rings. The van der Waals surface area contributed by atoms with Crippen molar-refractivity contribution >= 4 is 27.5 Å². The average Bonchev–Trinajstić information content (AvgIpc) is 3.31. The van der Waals surface area contributed by atoms with E-state index in [1.807, 2.05) is 12.1 Å². The third-order valence-electron chi connectivity index (χ3n) is 4.97. The van der Waals surface area contributed by atoms with Gasteiger partial charge in [0.25, 0.3) is 5.91 Å². The van der Waals surface area contributed by atoms with E-state index < -0.39 is 0 Å². The van der Waals surface area contributed by atoms with E-state index in [0.717, 1.165) is 24.1 Å². The van der Waals surface area contributed by atoms with Gasteiger partial charge in [0.15, 0.2) is 0 Å². The van der Waals surface area contributed by atoms with E-state index in [1.54, 1.807) is 17.4 Å². The van der Waals surface area contributed by atoms with Crippen molar-refractivity contribution in [1.82, 2.24) is 9.88 Å². The zero-order valence-electron chi connectivity index (χ0n) is 14.0. The van der Waals surface area contributed by atoms with Gasteiger partial charge >= 0.3 is 0 Å². The lowest BCUT2D eigenvalue weighted by Crippen LogP contribution is -2.28. The van der Waals surface area contributed by atoms with Crippen molar-refractivity contribution in [3.05, 3.63) is 58.9 Å². The minimum Gasteiger partial charge on any atom is -0.350 e. The number of amides is 1. The molecule has 1 aliphatic carbocycles. The molecule has 0 bridgehead atoms. The Bertz CT molecular complexity index is 892. The lowest BCUT2D eigenvalue weighted by atomic mass is 10.1. The molecule has 0 atom stereocenters. The van der Waals surface area contributed by atoms with E-state index in [0.29, 0.717) is 19.0 Å². The summed E-state index contributed by atoms with van der Waals surface area (Å²) in [5, 5.41) is 5.09. The summed E-state index contributed by atoms with van der Waals surface area (Å²) in [4.78, 5) is 12.7. The Labute approximate surface area is 150 Å². The second kappa shape index (κ2) is 7.00. The van der Waals surface area contributed by atoms with Crippen molar-refractivity contribution in [2.45, 2.75) is 38.1 Å². The Kier molecular flexibility index (Phi) is 4.57. The van der Waals surface area contributed by atoms with E-state index in [2.05, 4.69) is 21.3 Å². The second-order valence-corrected chi connectivity index (χ2v) is 7.59. The number of hydrogen-bond acceptors (Lipinski definition) is 2. The Balaban J connectivity index is 1.49. The number of nitrogens with zero attached hydrogens (tertiary/aromatic N) is 1. The molecule has 1 fully saturated rings. The molecule has 0 saturated heterocycles. The monoisotopic (exact) mass is 356 g/mol. The summed E-state index contributed by atoms with van der Waals surface area (Å²) < 4.78 is 16.6. The van der Waals surface area contributed by atoms with Crippen LogP contribution in [0.1, 0.15) is 47.8 Å². The first kappa shape index (κ1) is 16.3. The van der Waals surface area contributed by atoms with Crippen molar-refractivity contribution in [2.24, 2.45) is 0 Å². The number of rotatable bonds is 5. The SMILES string of the molecule is O=C(NCCc1cccc(F)c1)c1cc2sccc2n1C1CCCC1. The predicted molar refractivity (Wildman–Crippen MR) is 99.8 cm³/mol. The summed E-state index contributed by atoms with van der Waals surface area (Å²) >= 11 is 1.68. The van der Waals surface area contributed by atoms with Gasteiger partial charge in [0.1, 0.15) is 11.5 Å². The van der Waals surface area contributed by atoms with Crippen LogP contribution in [-0.2, 0) is 6.42 Å². The number of carbonyl (C=O) groups is 1. The Morgan fingerprint density at radius 2 is 2.08 bits per heavy atom. The Morgan fingerprint density at radius 3 is 2.88 bits per heavy atom. The molecule has 1 saturated carbocycles. The van der Waals surface area contributed by atoms with Gasteiger partial charge in [-0.15, -0.1) is 11.3 Å². The molecule has 2 heterocycles. The molecule has 0 unspecified atom stereocenters. The molecular weight excluding hydrogens is 335 g/mol. The maximum atomic E-state index is 13.2. The Morgan fingerprint density at radius 1 is 1.24 bits per heavy atom. The average molecular weight is 356 g/mol. The van der Waals surface area contributed by atoms with Crippen LogP contribution in [0.3, 0.4) is 0 Å². The zero-order valence-corrected chi connectivity index (χ0v) is 14.8. The van der Waals surface area contributed by atoms with Gasteiger partial charge in [-0.05, 0) is 54.5 Å². The molecular formula is C20H21FN2OS. The summed E-state index contributed by atoms with van der Waals surface area (Å²) in [6.07, 6.45) is 5.37. The molecule has 25 heavy (non-hydrogen) atoms. The summed E-state index contributed by atoms with van der Waals surface area (Å²) in [6, 6.07) is 11.1. The van der Waals surface area contributed by atoms with Crippen LogP contribution in [0.4, 0.5) is 4.39 Å². The second-order valence-electron chi connectivity index (χ2n) is 6.64. The number of hydrogen-bond donors (Lipinski definition) is 1. The topological polar surface area (TPSA) is 34.0 Å². The van der Waals surface area contributed by atoms with Crippen LogP contribution in [0.25, 0.3) is 10.2 Å². The van der Waals surface area contributed by atoms with Crippen molar-refractivity contribution in [3.63, 3.8) is 0 Å². The molecule has 1 amide bonds. The number of thiophene rings is 1. The minimum atomic E-state index is -0.237. The molecule has 2 aromatic heterocycles. The number of carbonyl (C=O) groups excluding carboxylic acids is 1. The molecule has 0 aliphatic heterocycles. The van der Waals surface area contributed by atoms with Crippen molar-refractivity contribution in [1.29, 1.82) is 0 Å². The first-order valence-corrected chi connectivity index (χ1v) is 9.71. The molecule has 4 rings (SSSR count). The lowest BCUT2D eigenvalue weighted by Gasteiger charge is -2.17. The largest absolute Gasteiger partial charge is 0.350 e. The summed E-state index contributed by atoms with van der Waals surface area (Å²) in [7, 11) is 0. The minimum absolute atomic E-state index is 0.0355. The molecule has 1 aliphatic rings. The van der Waals surface area contributed by atoms with Crippen LogP contribution >= 0.6 is 11.3 Å². The van der Waals surface area contributed by atoms with E-state index in [-0.39, 0.29) is 11.7 Å². The van der Waals surface area contributed by atoms with E-state index in [9.17, 15) is 9.18 Å². The molecule has 1 aromatic carbocycles. The van der Waals surface area contributed by atoms with Gasteiger partial charge in [-0.1, -0.05) is 25.0 Å². The number of halogens is 1. The third-order valence-corrected chi connectivity index (χ3v) is 5.82. The molecule has 130 valence electrons. The highest BCUT2D eigenvalue weighted by molar-refractivity contribution is 7.17. The van der Waals surface area contributed by atoms with Gasteiger partial charge < -0.3 is 9.88 Å². The van der Waals surface area contributed by atoms with Gasteiger partial charge in [0, 0.05) is 12.6 Å². The first-order valence-electron chi connectivity index (χ1n) is 8.83. The fraction of sp³-hybridized carbons (Fsp3) is 0.350. The molecule has 5 heteroatoms. The van der Waals surface area contributed by atoms with Gasteiger partial charge in [0.2, 0.25) is 0 Å². The van der Waals surface area contributed by atoms with Crippen LogP contribution in [0.2, 0.25) is 0 Å². The van der Waals surface area contributed by atoms with Crippen LogP contribution in [0.15, 0.2) is 41.8 Å². The molecule has 1 N–H and O–H groups in total. The van der Waals surface area contributed by atoms with Gasteiger partial charge in [0.05, 0.1) is 10.2 Å². The summed E-state index contributed by atoms with van der Waals surface area (Å²) in [6.45, 7) is 0.506. The molecule has 0 spiro atoms. The van der Waals surface area contributed by atoms with E-state index in [4.69, 9.17) is 0 Å². The van der Waals surface area contributed by atoms with E-state index >= 15 is 0 Å². The molecule has 3 nitrogen and oxygen atoms in total. The van der Waals surface area contributed by atoms with Crippen LogP contribution in [-0.4, -0.2) is 17.0 Å². The lowest BCUT2D eigenvalue weighted by molar-refractivity contribution is 0.0943. The number of benzene rings is 1. The van der Waals surface area contributed by atoms with Crippen molar-refractivity contribution < 1.29 is 9.18 Å². The first-order chi connectivity index (χ1) is 12.2. The van der Waals surface area contributed by atoms with E-state index in [1.165, 1.54) is 35.2 Å². The smallest absolute Gasteiger partial charge is 0.267 e. The third kappa shape index (κ3) is 3.33. The molecule has 0 radical (unpaired) electrons. The van der Waals surface area contributed by atoms with Gasteiger partial charge in [-0.25, -0.2) is 4.39 Å². The predicted octanol–water partition coefficient (Wildman–Crippen LogP) is 4.93. The fourth-order valence-electron chi connectivity index (χ4n) is 3.78. The van der Waals surface area contributed by atoms with Crippen LogP contribution in [0.5, 0.6) is 0 Å². The Hall–Kier alpha value is -2.14. The van der Waals surface area contributed by atoms with Crippen molar-refractivity contribution in [2.75, 3.05) is 6.54 Å². The fourth-order valence-corrected chi connectivity index (χ4v) is 4.59. The zero-order chi connectivity index (χ0) is 17.2. The summed E-state index contributed by atoms with van der Waals surface area (Å²) in [5.41, 5.74) is 2.83. The standard InChI is InChI=1S/C20H21FN2OS/c21-15-5-3-4-14(12-15)8-10-22-20(24)18-13-19-17(9-11-25-19)23(18)16-6-1-2-7-16/h3-5,9,11-13,16H,1-2,6-8,10H2,(H,22,24). The highest BCUT2D eigenvalue weighted by Crippen LogP contribution is 2.36. The van der Waals surface area contributed by atoms with Gasteiger partial charge in [-0.2, -0.15) is 0 Å². The van der Waals surface area contributed by atoms with Crippen LogP contribution in [0, 0.1) is 5.82 Å². The quantitative estimate of drug-likeness (QED) is 0.691. The number of fused-ring (bicyclic) bond motifs is 1.